The Labute approximate surface area is 259 Å². The van der Waals surface area contributed by atoms with Gasteiger partial charge in [-0.2, -0.15) is 0 Å². The quantitative estimate of drug-likeness (QED) is 0.237. The summed E-state index contributed by atoms with van der Waals surface area (Å²) >= 11 is 0. The molecule has 4 aromatic rings. The lowest BCUT2D eigenvalue weighted by molar-refractivity contribution is -0.190. The molecule has 1 N–H and O–H groups in total. The van der Waals surface area contributed by atoms with Crippen LogP contribution in [0.2, 0.25) is 0 Å². The van der Waals surface area contributed by atoms with Gasteiger partial charge in [-0.1, -0.05) is 78.9 Å². The van der Waals surface area contributed by atoms with Crippen molar-refractivity contribution in [2.24, 2.45) is 0 Å². The summed E-state index contributed by atoms with van der Waals surface area (Å²) in [6, 6.07) is 27.2. The lowest BCUT2D eigenvalue weighted by Gasteiger charge is -2.37. The first kappa shape index (κ1) is 31.6. The highest BCUT2D eigenvalue weighted by Gasteiger charge is 2.62. The van der Waals surface area contributed by atoms with Crippen LogP contribution in [0, 0.1) is 6.92 Å². The highest BCUT2D eigenvalue weighted by Crippen LogP contribution is 2.43. The number of hydrogen-bond donors (Lipinski definition) is 1. The standard InChI is InChI=1S/C34H34N2O9/c1-23-18-36(33(40)35-30(23)38)31-29(44-24(2)37)34(43-20-26-14-8-4-9-15-26,22-42-32(39)27-16-10-5-11-17-27)28(45-31)21-41-19-25-12-6-3-7-13-25/h3-18,28-29,31H,19-22H2,1-2H3,(H,35,38,40)/t28-,29+,31-,34-/m1/s1. The number of hydrogen-bond acceptors (Lipinski definition) is 9. The fourth-order valence-electron chi connectivity index (χ4n) is 5.16. The lowest BCUT2D eigenvalue weighted by atomic mass is 9.92. The van der Waals surface area contributed by atoms with E-state index in [1.807, 2.05) is 60.7 Å². The summed E-state index contributed by atoms with van der Waals surface area (Å²) in [5, 5.41) is 0. The van der Waals surface area contributed by atoms with Gasteiger partial charge in [0.05, 0.1) is 25.4 Å². The highest BCUT2D eigenvalue weighted by atomic mass is 16.7. The Morgan fingerprint density at radius 1 is 0.889 bits per heavy atom. The van der Waals surface area contributed by atoms with Crippen molar-refractivity contribution in [1.29, 1.82) is 0 Å². The molecule has 0 spiro atoms. The van der Waals surface area contributed by atoms with Gasteiger partial charge in [0.25, 0.3) is 5.56 Å². The van der Waals surface area contributed by atoms with Crippen LogP contribution >= 0.6 is 0 Å². The molecule has 1 aliphatic heterocycles. The number of benzene rings is 3. The molecule has 3 aromatic carbocycles. The van der Waals surface area contributed by atoms with E-state index in [0.29, 0.717) is 5.56 Å². The molecule has 0 aliphatic carbocycles. The van der Waals surface area contributed by atoms with Gasteiger partial charge >= 0.3 is 17.6 Å². The molecule has 11 heteroatoms. The van der Waals surface area contributed by atoms with Crippen LogP contribution in [0.1, 0.15) is 40.2 Å². The van der Waals surface area contributed by atoms with Crippen LogP contribution in [0.5, 0.6) is 0 Å². The molecule has 1 fully saturated rings. The van der Waals surface area contributed by atoms with Gasteiger partial charge in [0.15, 0.2) is 17.9 Å². The Balaban J connectivity index is 1.57. The third-order valence-corrected chi connectivity index (χ3v) is 7.47. The number of aromatic nitrogens is 2. The third-order valence-electron chi connectivity index (χ3n) is 7.47. The molecule has 0 bridgehead atoms. The summed E-state index contributed by atoms with van der Waals surface area (Å²) in [5.41, 5.74) is -0.771. The van der Waals surface area contributed by atoms with Crippen LogP contribution in [0.4, 0.5) is 0 Å². The minimum atomic E-state index is -1.66. The van der Waals surface area contributed by atoms with Crippen LogP contribution in [-0.4, -0.2) is 52.5 Å². The first-order valence-corrected chi connectivity index (χ1v) is 14.4. The molecule has 1 aliphatic rings. The third kappa shape index (κ3) is 7.46. The SMILES string of the molecule is CC(=O)O[C@H]1[C@H](n2cc(C)c(=O)[nH]c2=O)O[C@H](COCc2ccccc2)[C@@]1(COC(=O)c1ccccc1)OCc1ccccc1. The van der Waals surface area contributed by atoms with Crippen molar-refractivity contribution in [2.75, 3.05) is 13.2 Å². The van der Waals surface area contributed by atoms with E-state index in [-0.39, 0.29) is 25.4 Å². The van der Waals surface area contributed by atoms with Gasteiger partial charge < -0.3 is 23.7 Å². The summed E-state index contributed by atoms with van der Waals surface area (Å²) in [6.07, 6.45) is -2.26. The van der Waals surface area contributed by atoms with Gasteiger partial charge in [0, 0.05) is 18.7 Å². The molecule has 0 amide bonds. The largest absolute Gasteiger partial charge is 0.459 e. The molecule has 45 heavy (non-hydrogen) atoms. The molecule has 1 aromatic heterocycles. The fourth-order valence-corrected chi connectivity index (χ4v) is 5.16. The van der Waals surface area contributed by atoms with E-state index in [1.54, 1.807) is 30.3 Å². The zero-order chi connectivity index (χ0) is 31.8. The van der Waals surface area contributed by atoms with Crippen molar-refractivity contribution in [3.8, 4) is 0 Å². The van der Waals surface area contributed by atoms with Crippen LogP contribution in [-0.2, 0) is 41.7 Å². The maximum Gasteiger partial charge on any atom is 0.338 e. The smallest absolute Gasteiger partial charge is 0.338 e. The topological polar surface area (TPSA) is 135 Å². The summed E-state index contributed by atoms with van der Waals surface area (Å²) in [7, 11) is 0. The Morgan fingerprint density at radius 3 is 2.11 bits per heavy atom. The minimum Gasteiger partial charge on any atom is -0.459 e. The zero-order valence-corrected chi connectivity index (χ0v) is 24.9. The number of H-pyrrole nitrogens is 1. The van der Waals surface area contributed by atoms with Gasteiger partial charge in [-0.25, -0.2) is 9.59 Å². The summed E-state index contributed by atoms with van der Waals surface area (Å²) in [5.74, 6) is -1.32. The average Bonchev–Trinajstić information content (AvgIpc) is 3.33. The second-order valence-electron chi connectivity index (χ2n) is 10.7. The van der Waals surface area contributed by atoms with E-state index in [9.17, 15) is 19.2 Å². The van der Waals surface area contributed by atoms with Gasteiger partial charge in [-0.15, -0.1) is 0 Å². The van der Waals surface area contributed by atoms with Crippen molar-refractivity contribution in [2.45, 2.75) is 51.1 Å². The van der Waals surface area contributed by atoms with Crippen molar-refractivity contribution < 1.29 is 33.3 Å². The number of carbonyl (C=O) groups excluding carboxylic acids is 2. The second kappa shape index (κ2) is 14.3. The van der Waals surface area contributed by atoms with E-state index >= 15 is 0 Å². The maximum atomic E-state index is 13.2. The van der Waals surface area contributed by atoms with Crippen LogP contribution in [0.25, 0.3) is 0 Å². The monoisotopic (exact) mass is 614 g/mol. The highest BCUT2D eigenvalue weighted by molar-refractivity contribution is 5.89. The van der Waals surface area contributed by atoms with E-state index in [1.165, 1.54) is 20.0 Å². The van der Waals surface area contributed by atoms with Crippen LogP contribution in [0.3, 0.4) is 0 Å². The minimum absolute atomic E-state index is 0.0201. The van der Waals surface area contributed by atoms with E-state index < -0.39 is 53.8 Å². The summed E-state index contributed by atoms with van der Waals surface area (Å²) in [4.78, 5) is 53.3. The van der Waals surface area contributed by atoms with E-state index in [0.717, 1.165) is 15.7 Å². The second-order valence-corrected chi connectivity index (χ2v) is 10.7. The molecule has 0 unspecified atom stereocenters. The predicted molar refractivity (Wildman–Crippen MR) is 162 cm³/mol. The summed E-state index contributed by atoms with van der Waals surface area (Å²) in [6.45, 7) is 2.49. The normalized spacial score (nSPS) is 20.9. The molecule has 1 saturated heterocycles. The predicted octanol–water partition coefficient (Wildman–Crippen LogP) is 3.70. The van der Waals surface area contributed by atoms with Crippen molar-refractivity contribution >= 4 is 11.9 Å². The Morgan fingerprint density at radius 2 is 1.49 bits per heavy atom. The van der Waals surface area contributed by atoms with Crippen molar-refractivity contribution in [3.05, 3.63) is 140 Å². The number of rotatable bonds is 12. The number of nitrogens with zero attached hydrogens (tertiary/aromatic N) is 1. The molecule has 0 saturated carbocycles. The number of carbonyl (C=O) groups is 2. The van der Waals surface area contributed by atoms with Crippen LogP contribution < -0.4 is 11.2 Å². The lowest BCUT2D eigenvalue weighted by Crippen LogP contribution is -2.57. The first-order chi connectivity index (χ1) is 21.8. The van der Waals surface area contributed by atoms with Gasteiger partial charge in [-0.05, 0) is 30.2 Å². The first-order valence-electron chi connectivity index (χ1n) is 14.4. The number of nitrogens with one attached hydrogen (secondary N) is 1. The molecule has 4 atom stereocenters. The van der Waals surface area contributed by atoms with Crippen LogP contribution in [0.15, 0.2) is 107 Å². The molecule has 234 valence electrons. The van der Waals surface area contributed by atoms with Crippen molar-refractivity contribution in [1.82, 2.24) is 9.55 Å². The zero-order valence-electron chi connectivity index (χ0n) is 24.9. The molecule has 2 heterocycles. The maximum absolute atomic E-state index is 13.2. The van der Waals surface area contributed by atoms with Gasteiger partial charge in [0.2, 0.25) is 0 Å². The molecular weight excluding hydrogens is 580 g/mol. The molecule has 11 nitrogen and oxygen atoms in total. The number of ether oxygens (including phenoxy) is 5. The average molecular weight is 615 g/mol. The summed E-state index contributed by atoms with van der Waals surface area (Å²) < 4.78 is 31.9. The van der Waals surface area contributed by atoms with E-state index in [4.69, 9.17) is 23.7 Å². The Hall–Kier alpha value is -4.84. The number of esters is 2. The molecular formula is C34H34N2O9. The van der Waals surface area contributed by atoms with Crippen molar-refractivity contribution in [3.63, 3.8) is 0 Å². The molecule has 5 rings (SSSR count). The number of aromatic amines is 1. The van der Waals surface area contributed by atoms with Gasteiger partial charge in [0.1, 0.15) is 12.7 Å². The van der Waals surface area contributed by atoms with E-state index in [2.05, 4.69) is 4.98 Å². The fraction of sp³-hybridized carbons (Fsp3) is 0.294. The number of aryl methyl sites for hydroxylation is 1. The Bertz CT molecular complexity index is 1710. The molecule has 0 radical (unpaired) electrons. The Kier molecular flexibility index (Phi) is 10.0. The van der Waals surface area contributed by atoms with Gasteiger partial charge in [-0.3, -0.25) is 19.1 Å².